The average molecular weight is 379 g/mol. The van der Waals surface area contributed by atoms with Gasteiger partial charge in [0.15, 0.2) is 11.5 Å². The van der Waals surface area contributed by atoms with Crippen LogP contribution in [0.1, 0.15) is 18.1 Å². The normalized spacial score (nSPS) is 10.8. The number of halogens is 1. The van der Waals surface area contributed by atoms with Crippen LogP contribution in [-0.2, 0) is 11.2 Å². The fourth-order valence-electron chi connectivity index (χ4n) is 2.15. The molecule has 5 nitrogen and oxygen atoms in total. The monoisotopic (exact) mass is 378 g/mol. The van der Waals surface area contributed by atoms with Gasteiger partial charge in [0.05, 0.1) is 19.7 Å². The summed E-state index contributed by atoms with van der Waals surface area (Å²) >= 11 is 7.69. The third-order valence-electron chi connectivity index (χ3n) is 3.28. The van der Waals surface area contributed by atoms with Crippen molar-refractivity contribution in [1.82, 2.24) is 5.43 Å². The van der Waals surface area contributed by atoms with Crippen molar-refractivity contribution in [3.05, 3.63) is 52.5 Å². The molecule has 0 heterocycles. The van der Waals surface area contributed by atoms with E-state index in [-0.39, 0.29) is 18.1 Å². The highest BCUT2D eigenvalue weighted by atomic mass is 35.5. The van der Waals surface area contributed by atoms with Crippen LogP contribution in [0.4, 0.5) is 0 Å². The molecule has 0 aliphatic heterocycles. The minimum Gasteiger partial charge on any atom is -0.504 e. The Bertz CT molecular complexity index is 781. The van der Waals surface area contributed by atoms with E-state index >= 15 is 0 Å². The van der Waals surface area contributed by atoms with E-state index in [1.54, 1.807) is 30.0 Å². The van der Waals surface area contributed by atoms with Crippen LogP contribution in [0.2, 0.25) is 5.02 Å². The molecule has 7 heteroatoms. The summed E-state index contributed by atoms with van der Waals surface area (Å²) < 4.78 is 5.03. The van der Waals surface area contributed by atoms with E-state index in [0.717, 1.165) is 16.2 Å². The number of amides is 1. The number of aromatic hydroxyl groups is 1. The fraction of sp³-hybridized carbons (Fsp3) is 0.222. The van der Waals surface area contributed by atoms with Gasteiger partial charge in [0.25, 0.3) is 0 Å². The highest BCUT2D eigenvalue weighted by molar-refractivity contribution is 7.99. The van der Waals surface area contributed by atoms with Gasteiger partial charge in [-0.25, -0.2) is 5.43 Å². The molecular formula is C18H19ClN2O3S. The van der Waals surface area contributed by atoms with Gasteiger partial charge in [-0.3, -0.25) is 4.79 Å². The number of rotatable bonds is 7. The molecule has 0 aliphatic carbocycles. The first-order valence-electron chi connectivity index (χ1n) is 7.63. The first-order chi connectivity index (χ1) is 12.0. The molecule has 0 saturated heterocycles. The van der Waals surface area contributed by atoms with Gasteiger partial charge in [-0.15, -0.1) is 11.8 Å². The van der Waals surface area contributed by atoms with Gasteiger partial charge in [0.1, 0.15) is 0 Å². The molecule has 0 fully saturated rings. The van der Waals surface area contributed by atoms with Crippen LogP contribution >= 0.6 is 23.4 Å². The molecule has 2 aromatic rings. The minimum absolute atomic E-state index is 0.0468. The molecule has 0 saturated carbocycles. The van der Waals surface area contributed by atoms with E-state index in [9.17, 15) is 9.90 Å². The molecule has 132 valence electrons. The molecule has 0 spiro atoms. The zero-order valence-corrected chi connectivity index (χ0v) is 15.5. The average Bonchev–Trinajstić information content (AvgIpc) is 2.59. The number of hydrogen-bond acceptors (Lipinski definition) is 5. The number of nitrogens with zero attached hydrogens (tertiary/aromatic N) is 1. The van der Waals surface area contributed by atoms with Crippen molar-refractivity contribution in [2.24, 2.45) is 5.10 Å². The highest BCUT2D eigenvalue weighted by Crippen LogP contribution is 2.26. The predicted molar refractivity (Wildman–Crippen MR) is 102 cm³/mol. The minimum atomic E-state index is -0.234. The lowest BCUT2D eigenvalue weighted by molar-refractivity contribution is -0.120. The van der Waals surface area contributed by atoms with Gasteiger partial charge in [0, 0.05) is 9.92 Å². The lowest BCUT2D eigenvalue weighted by atomic mass is 10.1. The lowest BCUT2D eigenvalue weighted by Gasteiger charge is -2.08. The first kappa shape index (κ1) is 19.1. The zero-order valence-electron chi connectivity index (χ0n) is 14.0. The van der Waals surface area contributed by atoms with Crippen molar-refractivity contribution in [2.75, 3.05) is 12.9 Å². The van der Waals surface area contributed by atoms with E-state index < -0.39 is 0 Å². The van der Waals surface area contributed by atoms with E-state index in [0.29, 0.717) is 16.3 Å². The van der Waals surface area contributed by atoms with Crippen molar-refractivity contribution in [3.63, 3.8) is 0 Å². The molecule has 0 atom stereocenters. The second-order valence-corrected chi connectivity index (χ2v) is 6.83. The van der Waals surface area contributed by atoms with E-state index in [2.05, 4.69) is 17.5 Å². The van der Waals surface area contributed by atoms with E-state index in [1.807, 2.05) is 12.1 Å². The molecule has 0 bridgehead atoms. The van der Waals surface area contributed by atoms with Gasteiger partial charge in [-0.2, -0.15) is 5.10 Å². The summed E-state index contributed by atoms with van der Waals surface area (Å²) in [5.74, 6) is 1.07. The van der Waals surface area contributed by atoms with Gasteiger partial charge in [-0.1, -0.05) is 18.5 Å². The Labute approximate surface area is 156 Å². The number of hydrogen-bond donors (Lipinski definition) is 2. The second-order valence-electron chi connectivity index (χ2n) is 5.09. The van der Waals surface area contributed by atoms with Gasteiger partial charge < -0.3 is 9.84 Å². The van der Waals surface area contributed by atoms with Crippen molar-refractivity contribution < 1.29 is 14.6 Å². The number of methoxy groups -OCH3 is 1. The number of carbonyl (C=O) groups is 1. The third kappa shape index (κ3) is 5.69. The molecule has 0 aromatic heterocycles. The van der Waals surface area contributed by atoms with E-state index in [4.69, 9.17) is 16.3 Å². The van der Waals surface area contributed by atoms with Crippen LogP contribution in [0.5, 0.6) is 11.5 Å². The quantitative estimate of drug-likeness (QED) is 0.436. The summed E-state index contributed by atoms with van der Waals surface area (Å²) in [6.45, 7) is 2.05. The summed E-state index contributed by atoms with van der Waals surface area (Å²) in [4.78, 5) is 13.1. The Balaban J connectivity index is 2.00. The van der Waals surface area contributed by atoms with Gasteiger partial charge in [0.2, 0.25) is 5.91 Å². The Kier molecular flexibility index (Phi) is 7.16. The predicted octanol–water partition coefficient (Wildman–Crippen LogP) is 3.86. The molecule has 0 radical (unpaired) electrons. The van der Waals surface area contributed by atoms with Crippen molar-refractivity contribution in [1.29, 1.82) is 0 Å². The Morgan fingerprint density at radius 1 is 1.36 bits per heavy atom. The highest BCUT2D eigenvalue weighted by Gasteiger charge is 2.09. The van der Waals surface area contributed by atoms with Crippen LogP contribution < -0.4 is 10.2 Å². The molecule has 2 rings (SSSR count). The smallest absolute Gasteiger partial charge is 0.244 e. The number of nitrogens with one attached hydrogen (secondary N) is 1. The number of phenolic OH excluding ortho intramolecular Hbond substituents is 1. The lowest BCUT2D eigenvalue weighted by Crippen LogP contribution is -2.20. The molecule has 0 unspecified atom stereocenters. The van der Waals surface area contributed by atoms with Crippen molar-refractivity contribution in [2.45, 2.75) is 18.2 Å². The molecule has 25 heavy (non-hydrogen) atoms. The third-order valence-corrected chi connectivity index (χ3v) is 4.51. The Morgan fingerprint density at radius 2 is 2.16 bits per heavy atom. The number of thioether (sulfide) groups is 1. The molecular weight excluding hydrogens is 360 g/mol. The topological polar surface area (TPSA) is 70.9 Å². The van der Waals surface area contributed by atoms with Gasteiger partial charge >= 0.3 is 0 Å². The molecule has 2 N–H and O–H groups in total. The van der Waals surface area contributed by atoms with Crippen LogP contribution in [0.3, 0.4) is 0 Å². The fourth-order valence-corrected chi connectivity index (χ4v) is 3.13. The Hall–Kier alpha value is -2.18. The maximum absolute atomic E-state index is 12.1. The number of phenols is 1. The maximum atomic E-state index is 12.1. The zero-order chi connectivity index (χ0) is 18.2. The second kappa shape index (κ2) is 9.34. The number of ether oxygens (including phenoxy) is 1. The number of hydrazone groups is 1. The van der Waals surface area contributed by atoms with Gasteiger partial charge in [-0.05, 0) is 53.3 Å². The SMILES string of the molecule is CCSc1ccc(Cl)cc1CC(=O)N/N=C\c1ccc(O)c(OC)c1. The maximum Gasteiger partial charge on any atom is 0.244 e. The standard InChI is InChI=1S/C18H19ClN2O3S/c1-3-25-17-7-5-14(19)9-13(17)10-18(23)21-20-11-12-4-6-15(22)16(8-12)24-2/h4-9,11,22H,3,10H2,1-2H3,(H,21,23)/b20-11-. The summed E-state index contributed by atoms with van der Waals surface area (Å²) in [5, 5.41) is 14.1. The molecule has 1 amide bonds. The Morgan fingerprint density at radius 3 is 2.88 bits per heavy atom. The molecule has 2 aromatic carbocycles. The number of carbonyl (C=O) groups excluding carboxylic acids is 1. The molecule has 0 aliphatic rings. The van der Waals surface area contributed by atoms with Crippen LogP contribution in [0.15, 0.2) is 46.4 Å². The van der Waals surface area contributed by atoms with Crippen LogP contribution in [-0.4, -0.2) is 30.1 Å². The summed E-state index contributed by atoms with van der Waals surface area (Å²) in [6.07, 6.45) is 1.68. The summed E-state index contributed by atoms with van der Waals surface area (Å²) in [5.41, 5.74) is 4.06. The number of benzene rings is 2. The largest absolute Gasteiger partial charge is 0.504 e. The first-order valence-corrected chi connectivity index (χ1v) is 9.00. The van der Waals surface area contributed by atoms with Crippen LogP contribution in [0.25, 0.3) is 0 Å². The summed E-state index contributed by atoms with van der Waals surface area (Å²) in [6, 6.07) is 10.3. The van der Waals surface area contributed by atoms with Crippen molar-refractivity contribution in [3.8, 4) is 11.5 Å². The van der Waals surface area contributed by atoms with E-state index in [1.165, 1.54) is 19.4 Å². The van der Waals surface area contributed by atoms with Crippen molar-refractivity contribution >= 4 is 35.5 Å². The van der Waals surface area contributed by atoms with Crippen LogP contribution in [0, 0.1) is 0 Å². The summed E-state index contributed by atoms with van der Waals surface area (Å²) in [7, 11) is 1.47.